The van der Waals surface area contributed by atoms with E-state index in [0.717, 1.165) is 55.6 Å². The molecule has 134 valence electrons. The Hall–Kier alpha value is -1.65. The predicted molar refractivity (Wildman–Crippen MR) is 94.1 cm³/mol. The first-order chi connectivity index (χ1) is 12.1. The first kappa shape index (κ1) is 15.6. The third-order valence-corrected chi connectivity index (χ3v) is 7.05. The van der Waals surface area contributed by atoms with Crippen LogP contribution in [-0.4, -0.2) is 22.0 Å². The lowest BCUT2D eigenvalue weighted by Crippen LogP contribution is -2.54. The Balaban J connectivity index is 1.20. The molecule has 5 fully saturated rings. The van der Waals surface area contributed by atoms with E-state index >= 15 is 0 Å². The second-order valence-corrected chi connectivity index (χ2v) is 9.07. The molecule has 1 aromatic heterocycles. The summed E-state index contributed by atoms with van der Waals surface area (Å²) >= 11 is 0. The number of nitrogens with zero attached hydrogens (tertiary/aromatic N) is 2. The number of carbonyl (C=O) groups excluding carboxylic acids is 1. The molecule has 1 heterocycles. The van der Waals surface area contributed by atoms with Crippen LogP contribution in [0.2, 0.25) is 0 Å². The molecule has 5 saturated carbocycles. The average Bonchev–Trinajstić information content (AvgIpc) is 3.40. The molecular weight excluding hydrogens is 314 g/mol. The van der Waals surface area contributed by atoms with E-state index in [-0.39, 0.29) is 16.9 Å². The van der Waals surface area contributed by atoms with Gasteiger partial charge in [0.15, 0.2) is 0 Å². The first-order valence-electron chi connectivity index (χ1n) is 9.96. The van der Waals surface area contributed by atoms with E-state index in [1.54, 1.807) is 17.0 Å². The zero-order chi connectivity index (χ0) is 17.0. The molecule has 0 unspecified atom stereocenters. The molecule has 5 aliphatic carbocycles. The zero-order valence-electron chi connectivity index (χ0n) is 14.7. The molecule has 0 aromatic carbocycles. The van der Waals surface area contributed by atoms with Gasteiger partial charge < -0.3 is 5.32 Å². The van der Waals surface area contributed by atoms with Gasteiger partial charge in [-0.1, -0.05) is 0 Å². The van der Waals surface area contributed by atoms with Gasteiger partial charge in [-0.05, 0) is 69.1 Å². The smallest absolute Gasteiger partial charge is 0.253 e. The number of hydrogen-bond acceptors (Lipinski definition) is 3. The molecule has 0 aliphatic heterocycles. The van der Waals surface area contributed by atoms with Crippen molar-refractivity contribution in [1.82, 2.24) is 14.9 Å². The highest BCUT2D eigenvalue weighted by molar-refractivity contribution is 5.83. The molecule has 0 atom stereocenters. The van der Waals surface area contributed by atoms with Crippen molar-refractivity contribution in [2.24, 2.45) is 23.2 Å². The number of nitrogens with one attached hydrogen (secondary N) is 1. The van der Waals surface area contributed by atoms with E-state index in [2.05, 4.69) is 10.3 Å². The van der Waals surface area contributed by atoms with Gasteiger partial charge in [-0.25, -0.2) is 4.98 Å². The van der Waals surface area contributed by atoms with Gasteiger partial charge in [0.25, 0.3) is 5.56 Å². The maximum absolute atomic E-state index is 12.9. The van der Waals surface area contributed by atoms with Crippen LogP contribution in [0.4, 0.5) is 0 Å². The third-order valence-electron chi connectivity index (χ3n) is 7.05. The summed E-state index contributed by atoms with van der Waals surface area (Å²) in [6, 6.07) is 1.67. The van der Waals surface area contributed by atoms with E-state index < -0.39 is 0 Å². The summed E-state index contributed by atoms with van der Waals surface area (Å²) in [6.45, 7) is 1.03. The average molecular weight is 341 g/mol. The van der Waals surface area contributed by atoms with Crippen molar-refractivity contribution < 1.29 is 4.79 Å². The number of rotatable bonds is 5. The second kappa shape index (κ2) is 5.68. The van der Waals surface area contributed by atoms with Crippen LogP contribution in [0, 0.1) is 23.2 Å². The quantitative estimate of drug-likeness (QED) is 0.895. The van der Waals surface area contributed by atoms with E-state index in [1.165, 1.54) is 19.3 Å². The maximum atomic E-state index is 12.9. The highest BCUT2D eigenvalue weighted by Crippen LogP contribution is 2.60. The van der Waals surface area contributed by atoms with Crippen molar-refractivity contribution in [2.45, 2.75) is 63.8 Å². The fourth-order valence-corrected chi connectivity index (χ4v) is 6.08. The lowest BCUT2D eigenvalue weighted by atomic mass is 9.49. The Labute approximate surface area is 148 Å². The lowest BCUT2D eigenvalue weighted by molar-refractivity contribution is -0.146. The summed E-state index contributed by atoms with van der Waals surface area (Å²) in [5.74, 6) is 3.07. The molecule has 0 radical (unpaired) electrons. The van der Waals surface area contributed by atoms with Gasteiger partial charge in [-0.15, -0.1) is 0 Å². The molecule has 4 bridgehead atoms. The van der Waals surface area contributed by atoms with Gasteiger partial charge in [0.1, 0.15) is 0 Å². The van der Waals surface area contributed by atoms with Crippen LogP contribution in [-0.2, 0) is 11.3 Å². The zero-order valence-corrected chi connectivity index (χ0v) is 14.7. The summed E-state index contributed by atoms with van der Waals surface area (Å²) in [7, 11) is 0. The van der Waals surface area contributed by atoms with Crippen molar-refractivity contribution in [3.63, 3.8) is 0 Å². The number of hydrogen-bond donors (Lipinski definition) is 1. The standard InChI is InChI=1S/C20H27N3O2/c24-18-8-17(16-1-2-16)22-12-23(18)4-3-21-19(25)20-9-13-5-14(10-20)7-15(6-13)11-20/h8,12-16H,1-7,9-11H2,(H,21,25). The second-order valence-electron chi connectivity index (χ2n) is 9.07. The van der Waals surface area contributed by atoms with Crippen molar-refractivity contribution in [3.8, 4) is 0 Å². The van der Waals surface area contributed by atoms with Crippen molar-refractivity contribution in [1.29, 1.82) is 0 Å². The Bertz CT molecular complexity index is 714. The Morgan fingerprint density at radius 2 is 1.80 bits per heavy atom. The van der Waals surface area contributed by atoms with Crippen LogP contribution in [0.15, 0.2) is 17.2 Å². The van der Waals surface area contributed by atoms with Crippen LogP contribution >= 0.6 is 0 Å². The van der Waals surface area contributed by atoms with Gasteiger partial charge in [-0.2, -0.15) is 0 Å². The summed E-state index contributed by atoms with van der Waals surface area (Å²) in [6.07, 6.45) is 11.2. The molecule has 25 heavy (non-hydrogen) atoms. The number of aromatic nitrogens is 2. The van der Waals surface area contributed by atoms with Gasteiger partial charge in [0.05, 0.1) is 12.0 Å². The molecule has 1 amide bonds. The fourth-order valence-electron chi connectivity index (χ4n) is 6.08. The van der Waals surface area contributed by atoms with Gasteiger partial charge in [0.2, 0.25) is 5.91 Å². The minimum Gasteiger partial charge on any atom is -0.354 e. The van der Waals surface area contributed by atoms with Gasteiger partial charge >= 0.3 is 0 Å². The highest BCUT2D eigenvalue weighted by atomic mass is 16.2. The predicted octanol–water partition coefficient (Wildman–Crippen LogP) is 2.45. The lowest BCUT2D eigenvalue weighted by Gasteiger charge is -2.55. The van der Waals surface area contributed by atoms with Crippen molar-refractivity contribution in [3.05, 3.63) is 28.4 Å². The summed E-state index contributed by atoms with van der Waals surface area (Å²) in [4.78, 5) is 29.5. The Kier molecular flexibility index (Phi) is 3.54. The minimum absolute atomic E-state index is 0.000883. The number of amides is 1. The van der Waals surface area contributed by atoms with Gasteiger partial charge in [-0.3, -0.25) is 14.2 Å². The van der Waals surface area contributed by atoms with Crippen LogP contribution in [0.25, 0.3) is 0 Å². The fraction of sp³-hybridized carbons (Fsp3) is 0.750. The van der Waals surface area contributed by atoms with Crippen LogP contribution in [0.1, 0.15) is 63.0 Å². The largest absolute Gasteiger partial charge is 0.354 e. The van der Waals surface area contributed by atoms with E-state index in [9.17, 15) is 9.59 Å². The molecule has 5 aliphatic rings. The first-order valence-corrected chi connectivity index (χ1v) is 9.96. The molecular formula is C20H27N3O2. The van der Waals surface area contributed by atoms with Crippen LogP contribution < -0.4 is 10.9 Å². The third kappa shape index (κ3) is 2.81. The Morgan fingerprint density at radius 1 is 1.16 bits per heavy atom. The van der Waals surface area contributed by atoms with E-state index in [1.807, 2.05) is 0 Å². The molecule has 5 heteroatoms. The molecule has 5 nitrogen and oxygen atoms in total. The van der Waals surface area contributed by atoms with E-state index in [4.69, 9.17) is 0 Å². The van der Waals surface area contributed by atoms with Crippen molar-refractivity contribution in [2.75, 3.05) is 6.54 Å². The molecule has 1 N–H and O–H groups in total. The Morgan fingerprint density at radius 3 is 2.36 bits per heavy atom. The maximum Gasteiger partial charge on any atom is 0.253 e. The van der Waals surface area contributed by atoms with Crippen LogP contribution in [0.3, 0.4) is 0 Å². The van der Waals surface area contributed by atoms with Crippen molar-refractivity contribution >= 4 is 5.91 Å². The van der Waals surface area contributed by atoms with E-state index in [0.29, 0.717) is 19.0 Å². The summed E-state index contributed by atoms with van der Waals surface area (Å²) in [5.41, 5.74) is 0.827. The topological polar surface area (TPSA) is 64.0 Å². The molecule has 6 rings (SSSR count). The SMILES string of the molecule is O=C(NCCn1cnc(C2CC2)cc1=O)C12CC3CC(CC(C3)C1)C2. The number of carbonyl (C=O) groups is 1. The minimum atomic E-state index is -0.103. The van der Waals surface area contributed by atoms with Crippen LogP contribution in [0.5, 0.6) is 0 Å². The summed E-state index contributed by atoms with van der Waals surface area (Å²) < 4.78 is 1.62. The molecule has 1 aromatic rings. The monoisotopic (exact) mass is 341 g/mol. The normalized spacial score (nSPS) is 35.8. The van der Waals surface area contributed by atoms with Gasteiger partial charge in [0, 0.05) is 30.5 Å². The molecule has 0 saturated heterocycles. The summed E-state index contributed by atoms with van der Waals surface area (Å²) in [5, 5.41) is 3.14. The molecule has 0 spiro atoms. The highest BCUT2D eigenvalue weighted by Gasteiger charge is 2.54.